The first kappa shape index (κ1) is 21.7. The van der Waals surface area contributed by atoms with E-state index in [1.165, 1.54) is 24.3 Å². The molecule has 10 heteroatoms. The molecule has 3 rings (SSSR count). The molecule has 0 aliphatic heterocycles. The number of nitrogens with zero attached hydrogens (tertiary/aromatic N) is 1. The molecule has 0 saturated carbocycles. The van der Waals surface area contributed by atoms with Crippen molar-refractivity contribution >= 4 is 38.9 Å². The molecule has 0 saturated heterocycles. The highest BCUT2D eigenvalue weighted by molar-refractivity contribution is 7.92. The molecule has 0 spiro atoms. The second-order valence-corrected chi connectivity index (χ2v) is 8.76. The largest absolute Gasteiger partial charge is 0.506 e. The molecule has 158 valence electrons. The fraction of sp³-hybridized carbons (Fsp3) is 0.200. The van der Waals surface area contributed by atoms with Crippen molar-refractivity contribution in [3.8, 4) is 5.75 Å². The van der Waals surface area contributed by atoms with Gasteiger partial charge in [0.25, 0.3) is 10.0 Å². The minimum atomic E-state index is -3.96. The number of anilines is 2. The number of phenolic OH excluding ortho intramolecular Hbond substituents is 1. The molecule has 0 unspecified atom stereocenters. The van der Waals surface area contributed by atoms with Crippen LogP contribution in [0.2, 0.25) is 5.02 Å². The van der Waals surface area contributed by atoms with Crippen molar-refractivity contribution < 1.29 is 22.8 Å². The smallest absolute Gasteiger partial charge is 0.261 e. The van der Waals surface area contributed by atoms with Gasteiger partial charge in [0, 0.05) is 17.0 Å². The van der Waals surface area contributed by atoms with E-state index in [-0.39, 0.29) is 28.7 Å². The van der Waals surface area contributed by atoms with Gasteiger partial charge in [0.15, 0.2) is 0 Å². The number of aryl methyl sites for hydroxylation is 2. The molecule has 0 radical (unpaired) electrons. The zero-order valence-electron chi connectivity index (χ0n) is 16.3. The molecule has 1 aromatic heterocycles. The SMILES string of the molecule is Cc1noc(C)c1CCC(=O)Nc1cc(S(=O)(=O)Nc2cccc(Cl)c2)ccc1O. The highest BCUT2D eigenvalue weighted by atomic mass is 35.5. The lowest BCUT2D eigenvalue weighted by Crippen LogP contribution is -2.15. The van der Waals surface area contributed by atoms with E-state index in [9.17, 15) is 18.3 Å². The second kappa shape index (κ2) is 8.76. The topological polar surface area (TPSA) is 122 Å². The van der Waals surface area contributed by atoms with Gasteiger partial charge < -0.3 is 14.9 Å². The lowest BCUT2D eigenvalue weighted by atomic mass is 10.1. The fourth-order valence-electron chi connectivity index (χ4n) is 2.86. The number of phenols is 1. The van der Waals surface area contributed by atoms with Gasteiger partial charge in [-0.2, -0.15) is 0 Å². The quantitative estimate of drug-likeness (QED) is 0.468. The van der Waals surface area contributed by atoms with Crippen molar-refractivity contribution in [3.05, 3.63) is 64.5 Å². The summed E-state index contributed by atoms with van der Waals surface area (Å²) in [7, 11) is -3.96. The Morgan fingerprint density at radius 1 is 1.20 bits per heavy atom. The van der Waals surface area contributed by atoms with E-state index in [0.717, 1.165) is 5.56 Å². The van der Waals surface area contributed by atoms with Crippen molar-refractivity contribution in [2.75, 3.05) is 10.0 Å². The molecule has 1 heterocycles. The van der Waals surface area contributed by atoms with Crippen LogP contribution in [0.1, 0.15) is 23.4 Å². The van der Waals surface area contributed by atoms with Crippen LogP contribution < -0.4 is 10.0 Å². The number of amides is 1. The lowest BCUT2D eigenvalue weighted by molar-refractivity contribution is -0.116. The van der Waals surface area contributed by atoms with E-state index in [4.69, 9.17) is 16.1 Å². The van der Waals surface area contributed by atoms with Crippen LogP contribution in [-0.4, -0.2) is 24.6 Å². The summed E-state index contributed by atoms with van der Waals surface area (Å²) in [5.41, 5.74) is 1.84. The van der Waals surface area contributed by atoms with Gasteiger partial charge in [-0.05, 0) is 56.7 Å². The van der Waals surface area contributed by atoms with Crippen LogP contribution in [-0.2, 0) is 21.2 Å². The molecule has 3 N–H and O–H groups in total. The van der Waals surface area contributed by atoms with Crippen LogP contribution in [0.25, 0.3) is 0 Å². The highest BCUT2D eigenvalue weighted by Crippen LogP contribution is 2.28. The second-order valence-electron chi connectivity index (χ2n) is 6.65. The van der Waals surface area contributed by atoms with E-state index in [0.29, 0.717) is 28.6 Å². The number of aromatic nitrogens is 1. The summed E-state index contributed by atoms with van der Waals surface area (Å²) in [5.74, 6) is 0.00775. The van der Waals surface area contributed by atoms with E-state index in [2.05, 4.69) is 15.2 Å². The summed E-state index contributed by atoms with van der Waals surface area (Å²) in [6.07, 6.45) is 0.516. The maximum atomic E-state index is 12.7. The van der Waals surface area contributed by atoms with Crippen LogP contribution in [0.3, 0.4) is 0 Å². The van der Waals surface area contributed by atoms with E-state index in [1.54, 1.807) is 32.0 Å². The predicted molar refractivity (Wildman–Crippen MR) is 113 cm³/mol. The zero-order chi connectivity index (χ0) is 21.9. The van der Waals surface area contributed by atoms with E-state index in [1.807, 2.05) is 0 Å². The number of hydrogen-bond donors (Lipinski definition) is 3. The Morgan fingerprint density at radius 3 is 2.63 bits per heavy atom. The number of halogens is 1. The normalized spacial score (nSPS) is 11.3. The first-order chi connectivity index (χ1) is 14.2. The summed E-state index contributed by atoms with van der Waals surface area (Å²) in [4.78, 5) is 12.2. The Kier molecular flexibility index (Phi) is 6.33. The molecular formula is C20H20ClN3O5S. The van der Waals surface area contributed by atoms with Crippen LogP contribution in [0.15, 0.2) is 51.9 Å². The maximum absolute atomic E-state index is 12.7. The third kappa shape index (κ3) is 5.11. The molecule has 3 aromatic rings. The van der Waals surface area contributed by atoms with Crippen molar-refractivity contribution in [3.63, 3.8) is 0 Å². The fourth-order valence-corrected chi connectivity index (χ4v) is 4.12. The predicted octanol–water partition coefficient (Wildman–Crippen LogP) is 4.02. The number of aromatic hydroxyl groups is 1. The number of hydrogen-bond acceptors (Lipinski definition) is 6. The number of rotatable bonds is 7. The summed E-state index contributed by atoms with van der Waals surface area (Å²) < 4.78 is 32.8. The van der Waals surface area contributed by atoms with Crippen LogP contribution in [0.4, 0.5) is 11.4 Å². The number of carbonyl (C=O) groups is 1. The van der Waals surface area contributed by atoms with Gasteiger partial charge in [-0.1, -0.05) is 22.8 Å². The molecular weight excluding hydrogens is 430 g/mol. The highest BCUT2D eigenvalue weighted by Gasteiger charge is 2.18. The number of sulfonamides is 1. The molecule has 0 aliphatic rings. The van der Waals surface area contributed by atoms with Gasteiger partial charge in [0.1, 0.15) is 11.5 Å². The number of benzene rings is 2. The van der Waals surface area contributed by atoms with Gasteiger partial charge in [-0.3, -0.25) is 9.52 Å². The van der Waals surface area contributed by atoms with Gasteiger partial charge in [0.05, 0.1) is 22.0 Å². The Labute approximate surface area is 178 Å². The maximum Gasteiger partial charge on any atom is 0.261 e. The van der Waals surface area contributed by atoms with Gasteiger partial charge >= 0.3 is 0 Å². The third-order valence-electron chi connectivity index (χ3n) is 4.41. The molecule has 0 atom stereocenters. The van der Waals surface area contributed by atoms with Crippen molar-refractivity contribution in [1.82, 2.24) is 5.16 Å². The Bertz CT molecular complexity index is 1170. The van der Waals surface area contributed by atoms with E-state index >= 15 is 0 Å². The number of carbonyl (C=O) groups excluding carboxylic acids is 1. The Morgan fingerprint density at radius 2 is 1.97 bits per heavy atom. The molecule has 2 aromatic carbocycles. The van der Waals surface area contributed by atoms with Gasteiger partial charge in [-0.25, -0.2) is 8.42 Å². The van der Waals surface area contributed by atoms with Gasteiger partial charge in [-0.15, -0.1) is 0 Å². The molecule has 30 heavy (non-hydrogen) atoms. The third-order valence-corrected chi connectivity index (χ3v) is 6.03. The first-order valence-electron chi connectivity index (χ1n) is 8.99. The minimum absolute atomic E-state index is 0.00673. The average molecular weight is 450 g/mol. The minimum Gasteiger partial charge on any atom is -0.506 e. The molecule has 1 amide bonds. The number of nitrogens with one attached hydrogen (secondary N) is 2. The average Bonchev–Trinajstić information content (AvgIpc) is 2.99. The van der Waals surface area contributed by atoms with Crippen molar-refractivity contribution in [2.24, 2.45) is 0 Å². The Balaban J connectivity index is 1.73. The molecule has 0 fully saturated rings. The molecule has 8 nitrogen and oxygen atoms in total. The molecule has 0 bridgehead atoms. The van der Waals surface area contributed by atoms with Crippen LogP contribution in [0, 0.1) is 13.8 Å². The van der Waals surface area contributed by atoms with Crippen LogP contribution in [0.5, 0.6) is 5.75 Å². The van der Waals surface area contributed by atoms with Crippen molar-refractivity contribution in [2.45, 2.75) is 31.6 Å². The summed E-state index contributed by atoms with van der Waals surface area (Å²) >= 11 is 5.88. The first-order valence-corrected chi connectivity index (χ1v) is 10.8. The summed E-state index contributed by atoms with van der Waals surface area (Å²) in [5, 5.41) is 16.8. The summed E-state index contributed by atoms with van der Waals surface area (Å²) in [6.45, 7) is 3.55. The molecule has 0 aliphatic carbocycles. The van der Waals surface area contributed by atoms with Gasteiger partial charge in [0.2, 0.25) is 5.91 Å². The van der Waals surface area contributed by atoms with Crippen molar-refractivity contribution in [1.29, 1.82) is 0 Å². The standard InChI is InChI=1S/C20H20ClN3O5S/c1-12-17(13(2)29-23-12)7-9-20(26)22-18-11-16(6-8-19(18)25)30(27,28)24-15-5-3-4-14(21)10-15/h3-6,8,10-11,24-25H,7,9H2,1-2H3,(H,22,26). The zero-order valence-corrected chi connectivity index (χ0v) is 17.8. The van der Waals surface area contributed by atoms with E-state index < -0.39 is 10.0 Å². The van der Waals surface area contributed by atoms with Crippen LogP contribution >= 0.6 is 11.6 Å². The summed E-state index contributed by atoms with van der Waals surface area (Å²) in [6, 6.07) is 9.89. The Hall–Kier alpha value is -3.04. The lowest BCUT2D eigenvalue weighted by Gasteiger charge is -2.12. The monoisotopic (exact) mass is 449 g/mol.